The van der Waals surface area contributed by atoms with Crippen LogP contribution in [0.15, 0.2) is 0 Å². The maximum absolute atomic E-state index is 9.22. The van der Waals surface area contributed by atoms with Crippen LogP contribution in [-0.4, -0.2) is 11.2 Å². The molecule has 0 unspecified atom stereocenters. The predicted molar refractivity (Wildman–Crippen MR) is 33.7 cm³/mol. The summed E-state index contributed by atoms with van der Waals surface area (Å²) in [5, 5.41) is 9.22. The molecule has 1 rings (SSSR count). The Bertz CT molecular complexity index is 80.9. The molecular formula is C7H14O. The Balaban J connectivity index is 2.36. The maximum atomic E-state index is 9.22. The standard InChI is InChI=1S/C7H14O/c8-7-5-3-1-2-4-6-7/h7-8H,1-6H2/i7D. The zero-order chi connectivity index (χ0) is 6.74. The van der Waals surface area contributed by atoms with Gasteiger partial charge < -0.3 is 5.11 Å². The molecule has 0 heterocycles. The summed E-state index contributed by atoms with van der Waals surface area (Å²) in [6.45, 7) is 0. The van der Waals surface area contributed by atoms with Crippen molar-refractivity contribution >= 4 is 0 Å². The van der Waals surface area contributed by atoms with E-state index >= 15 is 0 Å². The van der Waals surface area contributed by atoms with Crippen molar-refractivity contribution < 1.29 is 6.48 Å². The molecule has 1 nitrogen and oxygen atoms in total. The Kier molecular flexibility index (Phi) is 1.85. The third-order valence-electron chi connectivity index (χ3n) is 1.68. The first-order chi connectivity index (χ1) is 4.21. The average Bonchev–Trinajstić information content (AvgIpc) is 1.92. The minimum absolute atomic E-state index is 0.674. The topological polar surface area (TPSA) is 20.2 Å². The molecule has 1 aliphatic carbocycles. The van der Waals surface area contributed by atoms with Crippen LogP contribution < -0.4 is 0 Å². The van der Waals surface area contributed by atoms with Gasteiger partial charge in [0.25, 0.3) is 0 Å². The lowest BCUT2D eigenvalue weighted by Gasteiger charge is -2.02. The lowest BCUT2D eigenvalue weighted by molar-refractivity contribution is 0.157. The van der Waals surface area contributed by atoms with Crippen LogP contribution in [0.2, 0.25) is 0 Å². The molecule has 1 N–H and O–H groups in total. The molecule has 0 aromatic rings. The van der Waals surface area contributed by atoms with Crippen LogP contribution in [0.4, 0.5) is 0 Å². The molecule has 0 aromatic heterocycles. The first kappa shape index (κ1) is 4.80. The Morgan fingerprint density at radius 3 is 2.12 bits per heavy atom. The van der Waals surface area contributed by atoms with E-state index in [2.05, 4.69) is 0 Å². The number of rotatable bonds is 0. The fourth-order valence-corrected chi connectivity index (χ4v) is 1.14. The van der Waals surface area contributed by atoms with Gasteiger partial charge in [0.2, 0.25) is 0 Å². The summed E-state index contributed by atoms with van der Waals surface area (Å²) in [6, 6.07) is 0. The van der Waals surface area contributed by atoms with Gasteiger partial charge in [-0.2, -0.15) is 0 Å². The van der Waals surface area contributed by atoms with Crippen LogP contribution in [0.5, 0.6) is 0 Å². The molecule has 0 atom stereocenters. The molecule has 8 heavy (non-hydrogen) atoms. The lowest BCUT2D eigenvalue weighted by Crippen LogP contribution is -2.02. The van der Waals surface area contributed by atoms with E-state index in [1.165, 1.54) is 12.8 Å². The van der Waals surface area contributed by atoms with E-state index in [-0.39, 0.29) is 0 Å². The van der Waals surface area contributed by atoms with Gasteiger partial charge in [0.15, 0.2) is 0 Å². The summed E-state index contributed by atoms with van der Waals surface area (Å²) >= 11 is 0. The first-order valence-electron chi connectivity index (χ1n) is 3.93. The highest BCUT2D eigenvalue weighted by atomic mass is 16.3. The fourth-order valence-electron chi connectivity index (χ4n) is 1.14. The van der Waals surface area contributed by atoms with E-state index in [4.69, 9.17) is 1.37 Å². The number of aliphatic hydroxyl groups is 1. The van der Waals surface area contributed by atoms with Gasteiger partial charge in [-0.05, 0) is 12.8 Å². The smallest absolute Gasteiger partial charge is 0.0600 e. The molecule has 1 fully saturated rings. The van der Waals surface area contributed by atoms with E-state index in [9.17, 15) is 5.11 Å². The molecule has 1 saturated carbocycles. The van der Waals surface area contributed by atoms with Gasteiger partial charge in [-0.3, -0.25) is 0 Å². The van der Waals surface area contributed by atoms with Crippen LogP contribution in [0.3, 0.4) is 0 Å². The Morgan fingerprint density at radius 2 is 1.62 bits per heavy atom. The van der Waals surface area contributed by atoms with Crippen LogP contribution in [0, 0.1) is 0 Å². The quantitative estimate of drug-likeness (QED) is 0.476. The molecule has 0 aromatic carbocycles. The summed E-state index contributed by atoms with van der Waals surface area (Å²) in [5.41, 5.74) is 0. The van der Waals surface area contributed by atoms with Crippen molar-refractivity contribution in [3.05, 3.63) is 0 Å². The van der Waals surface area contributed by atoms with E-state index in [1.54, 1.807) is 0 Å². The van der Waals surface area contributed by atoms with Gasteiger partial charge in [-0.25, -0.2) is 0 Å². The average molecular weight is 115 g/mol. The monoisotopic (exact) mass is 115 g/mol. The third-order valence-corrected chi connectivity index (χ3v) is 1.68. The Hall–Kier alpha value is -0.0400. The highest BCUT2D eigenvalue weighted by Gasteiger charge is 2.06. The second-order valence-electron chi connectivity index (χ2n) is 2.48. The van der Waals surface area contributed by atoms with Gasteiger partial charge >= 0.3 is 0 Å². The van der Waals surface area contributed by atoms with Gasteiger partial charge in [-0.1, -0.05) is 25.7 Å². The molecule has 0 spiro atoms. The van der Waals surface area contributed by atoms with Crippen molar-refractivity contribution in [2.45, 2.75) is 44.6 Å². The van der Waals surface area contributed by atoms with E-state index in [1.807, 2.05) is 0 Å². The zero-order valence-corrected chi connectivity index (χ0v) is 5.19. The van der Waals surface area contributed by atoms with Crippen molar-refractivity contribution in [2.24, 2.45) is 0 Å². The van der Waals surface area contributed by atoms with E-state index in [0.717, 1.165) is 12.8 Å². The zero-order valence-electron chi connectivity index (χ0n) is 6.19. The Morgan fingerprint density at radius 1 is 1.12 bits per heavy atom. The molecule has 0 aliphatic heterocycles. The van der Waals surface area contributed by atoms with Gasteiger partial charge in [0, 0.05) is 0 Å². The summed E-state index contributed by atoms with van der Waals surface area (Å²) in [7, 11) is 0. The number of hydrogen-bond acceptors (Lipinski definition) is 1. The van der Waals surface area contributed by atoms with E-state index < -0.39 is 6.08 Å². The van der Waals surface area contributed by atoms with Gasteiger partial charge in [-0.15, -0.1) is 0 Å². The van der Waals surface area contributed by atoms with E-state index in [0.29, 0.717) is 12.8 Å². The largest absolute Gasteiger partial charge is 0.393 e. The minimum atomic E-state index is -1.09. The van der Waals surface area contributed by atoms with Crippen LogP contribution in [0.25, 0.3) is 0 Å². The lowest BCUT2D eigenvalue weighted by atomic mass is 10.2. The molecule has 0 saturated heterocycles. The molecule has 48 valence electrons. The third kappa shape index (κ3) is 1.83. The SMILES string of the molecule is [2H]C1(O)CCCCCC1. The highest BCUT2D eigenvalue weighted by Crippen LogP contribution is 2.16. The van der Waals surface area contributed by atoms with Gasteiger partial charge in [0.1, 0.15) is 0 Å². The molecular weight excluding hydrogens is 100 g/mol. The minimum Gasteiger partial charge on any atom is -0.393 e. The van der Waals surface area contributed by atoms with Crippen molar-refractivity contribution in [3.8, 4) is 0 Å². The highest BCUT2D eigenvalue weighted by molar-refractivity contribution is 4.60. The summed E-state index contributed by atoms with van der Waals surface area (Å²) in [4.78, 5) is 0. The molecule has 1 aliphatic rings. The normalized spacial score (nSPS) is 30.9. The van der Waals surface area contributed by atoms with Gasteiger partial charge in [0.05, 0.1) is 7.45 Å². The number of hydrogen-bond donors (Lipinski definition) is 1. The second-order valence-corrected chi connectivity index (χ2v) is 2.48. The maximum Gasteiger partial charge on any atom is 0.0600 e. The summed E-state index contributed by atoms with van der Waals surface area (Å²) < 4.78 is 7.32. The van der Waals surface area contributed by atoms with Crippen molar-refractivity contribution in [2.75, 3.05) is 0 Å². The predicted octanol–water partition coefficient (Wildman–Crippen LogP) is 1.70. The van der Waals surface area contributed by atoms with Crippen LogP contribution in [0.1, 0.15) is 39.9 Å². The van der Waals surface area contributed by atoms with Crippen molar-refractivity contribution in [3.63, 3.8) is 0 Å². The molecule has 0 radical (unpaired) electrons. The summed E-state index contributed by atoms with van der Waals surface area (Å²) in [5.74, 6) is 0. The van der Waals surface area contributed by atoms with Crippen molar-refractivity contribution in [1.82, 2.24) is 0 Å². The molecule has 1 heteroatoms. The van der Waals surface area contributed by atoms with Crippen LogP contribution in [-0.2, 0) is 0 Å². The summed E-state index contributed by atoms with van der Waals surface area (Å²) in [6.07, 6.45) is 4.71. The second kappa shape index (κ2) is 3.08. The fraction of sp³-hybridized carbons (Fsp3) is 1.00. The van der Waals surface area contributed by atoms with Crippen molar-refractivity contribution in [1.29, 1.82) is 0 Å². The van der Waals surface area contributed by atoms with Crippen LogP contribution >= 0.6 is 0 Å². The molecule has 0 bridgehead atoms. The molecule has 0 amide bonds. The first-order valence-corrected chi connectivity index (χ1v) is 3.43. The Labute approximate surface area is 52.1 Å².